The summed E-state index contributed by atoms with van der Waals surface area (Å²) >= 11 is 0. The van der Waals surface area contributed by atoms with E-state index in [-0.39, 0.29) is 11.6 Å². The van der Waals surface area contributed by atoms with Gasteiger partial charge in [-0.1, -0.05) is 0 Å². The molecule has 0 bridgehead atoms. The Morgan fingerprint density at radius 1 is 1.16 bits per heavy atom. The Hall–Kier alpha value is -2.30. The van der Waals surface area contributed by atoms with Gasteiger partial charge in [-0.25, -0.2) is 8.78 Å². The topological polar surface area (TPSA) is 42.0 Å². The summed E-state index contributed by atoms with van der Waals surface area (Å²) in [4.78, 5) is 16.1. The summed E-state index contributed by atoms with van der Waals surface area (Å²) in [5.74, 6) is -2.33. The van der Waals surface area contributed by atoms with E-state index in [1.165, 1.54) is 12.3 Å². The van der Waals surface area contributed by atoms with Gasteiger partial charge >= 0.3 is 0 Å². The lowest BCUT2D eigenvalue weighted by atomic mass is 10.1. The fourth-order valence-electron chi connectivity index (χ4n) is 1.66. The van der Waals surface area contributed by atoms with Crippen molar-refractivity contribution in [1.82, 2.24) is 4.98 Å². The van der Waals surface area contributed by atoms with Crippen LogP contribution >= 0.6 is 0 Å². The Kier molecular flexibility index (Phi) is 3.55. The third-order valence-electron chi connectivity index (χ3n) is 2.88. The van der Waals surface area contributed by atoms with Gasteiger partial charge in [-0.15, -0.1) is 0 Å². The lowest BCUT2D eigenvalue weighted by Gasteiger charge is -2.09. The van der Waals surface area contributed by atoms with Crippen LogP contribution in [0.25, 0.3) is 0 Å². The molecule has 1 aromatic heterocycles. The van der Waals surface area contributed by atoms with Crippen molar-refractivity contribution in [2.45, 2.75) is 13.8 Å². The van der Waals surface area contributed by atoms with E-state index < -0.39 is 11.6 Å². The van der Waals surface area contributed by atoms with Crippen molar-refractivity contribution in [3.63, 3.8) is 0 Å². The molecule has 98 valence electrons. The molecule has 1 N–H and O–H groups in total. The fourth-order valence-corrected chi connectivity index (χ4v) is 1.66. The van der Waals surface area contributed by atoms with E-state index >= 15 is 0 Å². The van der Waals surface area contributed by atoms with Gasteiger partial charge in [0.1, 0.15) is 0 Å². The van der Waals surface area contributed by atoms with E-state index in [1.807, 2.05) is 0 Å². The molecule has 19 heavy (non-hydrogen) atoms. The van der Waals surface area contributed by atoms with Gasteiger partial charge in [0.15, 0.2) is 11.6 Å². The van der Waals surface area contributed by atoms with Crippen molar-refractivity contribution < 1.29 is 13.6 Å². The first-order valence-electron chi connectivity index (χ1n) is 5.67. The van der Waals surface area contributed by atoms with Crippen molar-refractivity contribution in [1.29, 1.82) is 0 Å². The second-order valence-electron chi connectivity index (χ2n) is 4.15. The Morgan fingerprint density at radius 3 is 2.58 bits per heavy atom. The Bertz CT molecular complexity index is 641. The Balaban J connectivity index is 2.26. The molecular weight excluding hydrogens is 250 g/mol. The number of anilines is 1. The molecule has 1 heterocycles. The summed E-state index contributed by atoms with van der Waals surface area (Å²) in [5, 5.41) is 2.52. The van der Waals surface area contributed by atoms with E-state index in [4.69, 9.17) is 0 Å². The molecule has 0 spiro atoms. The van der Waals surface area contributed by atoms with Crippen LogP contribution in [0.15, 0.2) is 30.5 Å². The number of benzene rings is 1. The SMILES string of the molecule is Cc1nccc(C(=O)Nc2ccc(F)c(F)c2)c1C. The monoisotopic (exact) mass is 262 g/mol. The van der Waals surface area contributed by atoms with Gasteiger partial charge in [0.2, 0.25) is 0 Å². The molecule has 0 aliphatic rings. The van der Waals surface area contributed by atoms with Crippen LogP contribution in [0.3, 0.4) is 0 Å². The molecule has 5 heteroatoms. The van der Waals surface area contributed by atoms with Gasteiger partial charge in [0, 0.05) is 29.2 Å². The maximum atomic E-state index is 13.0. The minimum Gasteiger partial charge on any atom is -0.322 e. The quantitative estimate of drug-likeness (QED) is 0.902. The number of nitrogens with zero attached hydrogens (tertiary/aromatic N) is 1. The minimum absolute atomic E-state index is 0.206. The number of carbonyl (C=O) groups is 1. The lowest BCUT2D eigenvalue weighted by molar-refractivity contribution is 0.102. The number of aryl methyl sites for hydroxylation is 1. The van der Waals surface area contributed by atoms with Crippen molar-refractivity contribution in [2.75, 3.05) is 5.32 Å². The molecule has 0 saturated heterocycles. The third kappa shape index (κ3) is 2.76. The smallest absolute Gasteiger partial charge is 0.256 e. The highest BCUT2D eigenvalue weighted by Gasteiger charge is 2.12. The molecule has 0 fully saturated rings. The van der Waals surface area contributed by atoms with E-state index in [2.05, 4.69) is 10.3 Å². The van der Waals surface area contributed by atoms with Crippen LogP contribution in [-0.4, -0.2) is 10.9 Å². The van der Waals surface area contributed by atoms with Crippen LogP contribution in [-0.2, 0) is 0 Å². The molecule has 1 amide bonds. The second-order valence-corrected chi connectivity index (χ2v) is 4.15. The van der Waals surface area contributed by atoms with Gasteiger partial charge in [0.05, 0.1) is 0 Å². The number of carbonyl (C=O) groups excluding carboxylic acids is 1. The summed E-state index contributed by atoms with van der Waals surface area (Å²) in [5.41, 5.74) is 2.16. The van der Waals surface area contributed by atoms with Crippen molar-refractivity contribution in [2.24, 2.45) is 0 Å². The first kappa shape index (κ1) is 13.1. The number of amides is 1. The number of aromatic nitrogens is 1. The highest BCUT2D eigenvalue weighted by Crippen LogP contribution is 2.16. The molecule has 0 aliphatic carbocycles. The number of hydrogen-bond acceptors (Lipinski definition) is 2. The molecule has 0 atom stereocenters. The zero-order valence-electron chi connectivity index (χ0n) is 10.5. The number of halogens is 2. The third-order valence-corrected chi connectivity index (χ3v) is 2.88. The number of hydrogen-bond donors (Lipinski definition) is 1. The zero-order chi connectivity index (χ0) is 14.0. The molecule has 2 rings (SSSR count). The molecular formula is C14H12F2N2O. The van der Waals surface area contributed by atoms with E-state index in [0.29, 0.717) is 5.56 Å². The van der Waals surface area contributed by atoms with Crippen LogP contribution in [0.1, 0.15) is 21.6 Å². The Morgan fingerprint density at radius 2 is 1.89 bits per heavy atom. The summed E-state index contributed by atoms with van der Waals surface area (Å²) in [6.07, 6.45) is 1.53. The first-order valence-corrected chi connectivity index (χ1v) is 5.67. The average Bonchev–Trinajstić information content (AvgIpc) is 2.37. The van der Waals surface area contributed by atoms with Crippen LogP contribution in [0.4, 0.5) is 14.5 Å². The predicted octanol–water partition coefficient (Wildman–Crippen LogP) is 3.23. The highest BCUT2D eigenvalue weighted by molar-refractivity contribution is 6.05. The van der Waals surface area contributed by atoms with Gasteiger partial charge < -0.3 is 5.32 Å². The van der Waals surface area contributed by atoms with Crippen LogP contribution in [0.2, 0.25) is 0 Å². The first-order chi connectivity index (χ1) is 8.99. The maximum Gasteiger partial charge on any atom is 0.256 e. The number of pyridine rings is 1. The van der Waals surface area contributed by atoms with Crippen molar-refractivity contribution in [3.05, 3.63) is 58.9 Å². The van der Waals surface area contributed by atoms with Crippen molar-refractivity contribution >= 4 is 11.6 Å². The summed E-state index contributed by atoms with van der Waals surface area (Å²) in [6.45, 7) is 3.58. The largest absolute Gasteiger partial charge is 0.322 e. The lowest BCUT2D eigenvalue weighted by Crippen LogP contribution is -2.14. The fraction of sp³-hybridized carbons (Fsp3) is 0.143. The van der Waals surface area contributed by atoms with Crippen molar-refractivity contribution in [3.8, 4) is 0 Å². The molecule has 1 aromatic carbocycles. The standard InChI is InChI=1S/C14H12F2N2O/c1-8-9(2)17-6-5-11(8)14(19)18-10-3-4-12(15)13(16)7-10/h3-7H,1-2H3,(H,18,19). The molecule has 3 nitrogen and oxygen atoms in total. The molecule has 0 saturated carbocycles. The van der Waals surface area contributed by atoms with Gasteiger partial charge in [-0.3, -0.25) is 9.78 Å². The van der Waals surface area contributed by atoms with Gasteiger partial charge in [-0.2, -0.15) is 0 Å². The normalized spacial score (nSPS) is 10.3. The summed E-state index contributed by atoms with van der Waals surface area (Å²) in [7, 11) is 0. The van der Waals surface area contributed by atoms with E-state index in [1.54, 1.807) is 19.9 Å². The molecule has 0 aliphatic heterocycles. The minimum atomic E-state index is -1.000. The van der Waals surface area contributed by atoms with Crippen LogP contribution < -0.4 is 5.32 Å². The predicted molar refractivity (Wildman–Crippen MR) is 68.0 cm³/mol. The maximum absolute atomic E-state index is 13.0. The van der Waals surface area contributed by atoms with E-state index in [0.717, 1.165) is 23.4 Å². The molecule has 2 aromatic rings. The van der Waals surface area contributed by atoms with Gasteiger partial charge in [-0.05, 0) is 37.6 Å². The van der Waals surface area contributed by atoms with Gasteiger partial charge in [0.25, 0.3) is 5.91 Å². The van der Waals surface area contributed by atoms with Crippen LogP contribution in [0.5, 0.6) is 0 Å². The summed E-state index contributed by atoms with van der Waals surface area (Å²) < 4.78 is 25.8. The van der Waals surface area contributed by atoms with E-state index in [9.17, 15) is 13.6 Å². The summed E-state index contributed by atoms with van der Waals surface area (Å²) in [6, 6.07) is 4.80. The number of rotatable bonds is 2. The number of nitrogens with one attached hydrogen (secondary N) is 1. The molecule has 0 unspecified atom stereocenters. The molecule has 0 radical (unpaired) electrons. The highest BCUT2D eigenvalue weighted by atomic mass is 19.2. The average molecular weight is 262 g/mol. The zero-order valence-corrected chi connectivity index (χ0v) is 10.5. The second kappa shape index (κ2) is 5.14. The van der Waals surface area contributed by atoms with Crippen LogP contribution in [0, 0.1) is 25.5 Å². The Labute approximate surface area is 109 Å².